The van der Waals surface area contributed by atoms with Crippen molar-refractivity contribution in [3.8, 4) is 5.75 Å². The largest absolute Gasteiger partial charge is 0.497 e. The highest BCUT2D eigenvalue weighted by molar-refractivity contribution is 7.99. The minimum atomic E-state index is -0.698. The standard InChI is InChI=1S/C25H33FN2O3S/c1-31-18-8-9-24-21(14-18)20(23(26)15-27-24)7-2-4-17-10-11-28(16-22(17)25(29)30)12-13-32-19-5-3-6-19/h8-9,14-15,17,19,22H,2-7,10-13,16H2,1H3,(H,29,30)/t17-,22+/m0/s1. The van der Waals surface area contributed by atoms with Gasteiger partial charge in [-0.25, -0.2) is 4.39 Å². The molecule has 0 bridgehead atoms. The first-order valence-electron chi connectivity index (χ1n) is 11.7. The van der Waals surface area contributed by atoms with Gasteiger partial charge in [0.25, 0.3) is 0 Å². The summed E-state index contributed by atoms with van der Waals surface area (Å²) in [5.74, 6) is 0.584. The van der Waals surface area contributed by atoms with Crippen molar-refractivity contribution in [1.82, 2.24) is 9.88 Å². The summed E-state index contributed by atoms with van der Waals surface area (Å²) >= 11 is 2.04. The molecule has 2 aromatic rings. The van der Waals surface area contributed by atoms with Gasteiger partial charge in [0.05, 0.1) is 24.7 Å². The number of benzene rings is 1. The van der Waals surface area contributed by atoms with Crippen molar-refractivity contribution in [3.05, 3.63) is 35.8 Å². The lowest BCUT2D eigenvalue weighted by molar-refractivity contribution is -0.146. The van der Waals surface area contributed by atoms with E-state index >= 15 is 0 Å². The number of carbonyl (C=O) groups is 1. The summed E-state index contributed by atoms with van der Waals surface area (Å²) in [7, 11) is 1.60. The molecule has 0 spiro atoms. The Kier molecular flexibility index (Phi) is 7.89. The predicted molar refractivity (Wildman–Crippen MR) is 127 cm³/mol. The second-order valence-electron chi connectivity index (χ2n) is 9.08. The van der Waals surface area contributed by atoms with Gasteiger partial charge in [-0.3, -0.25) is 9.78 Å². The molecular weight excluding hydrogens is 427 g/mol. The maximum absolute atomic E-state index is 14.6. The second-order valence-corrected chi connectivity index (χ2v) is 10.5. The minimum absolute atomic E-state index is 0.147. The number of likely N-dealkylation sites (tertiary alicyclic amines) is 1. The Hall–Kier alpha value is -1.86. The summed E-state index contributed by atoms with van der Waals surface area (Å²) in [6.07, 6.45) is 8.35. The molecule has 1 saturated carbocycles. The normalized spacial score (nSPS) is 22.1. The van der Waals surface area contributed by atoms with Crippen molar-refractivity contribution >= 4 is 28.6 Å². The number of aryl methyl sites for hydroxylation is 1. The fourth-order valence-corrected chi connectivity index (χ4v) is 6.27. The van der Waals surface area contributed by atoms with Crippen LogP contribution in [0.15, 0.2) is 24.4 Å². The number of halogens is 1. The zero-order chi connectivity index (χ0) is 22.5. The van der Waals surface area contributed by atoms with Gasteiger partial charge in [-0.1, -0.05) is 6.42 Å². The molecule has 32 heavy (non-hydrogen) atoms. The molecule has 0 amide bonds. The zero-order valence-electron chi connectivity index (χ0n) is 18.8. The van der Waals surface area contributed by atoms with E-state index in [2.05, 4.69) is 9.88 Å². The van der Waals surface area contributed by atoms with Crippen molar-refractivity contribution in [2.45, 2.75) is 50.2 Å². The molecule has 4 rings (SSSR count). The third-order valence-electron chi connectivity index (χ3n) is 7.11. The number of ether oxygens (including phenoxy) is 1. The van der Waals surface area contributed by atoms with Gasteiger partial charge in [-0.2, -0.15) is 11.8 Å². The summed E-state index contributed by atoms with van der Waals surface area (Å²) in [4.78, 5) is 18.5. The first kappa shape index (κ1) is 23.3. The molecular formula is C25H33FN2O3S. The number of thioether (sulfide) groups is 1. The van der Waals surface area contributed by atoms with Crippen molar-refractivity contribution < 1.29 is 19.0 Å². The Morgan fingerprint density at radius 2 is 2.19 bits per heavy atom. The van der Waals surface area contributed by atoms with Crippen LogP contribution in [0.25, 0.3) is 10.9 Å². The van der Waals surface area contributed by atoms with Crippen LogP contribution in [0.3, 0.4) is 0 Å². The number of pyridine rings is 1. The molecule has 1 aliphatic carbocycles. The quantitative estimate of drug-likeness (QED) is 0.538. The van der Waals surface area contributed by atoms with Gasteiger partial charge >= 0.3 is 5.97 Å². The van der Waals surface area contributed by atoms with E-state index in [1.54, 1.807) is 7.11 Å². The van der Waals surface area contributed by atoms with Gasteiger partial charge < -0.3 is 14.7 Å². The summed E-state index contributed by atoms with van der Waals surface area (Å²) in [5.41, 5.74) is 1.39. The summed E-state index contributed by atoms with van der Waals surface area (Å²) in [6, 6.07) is 5.50. The van der Waals surface area contributed by atoms with E-state index in [1.807, 2.05) is 30.0 Å². The lowest BCUT2D eigenvalue weighted by Crippen LogP contribution is -2.44. The van der Waals surface area contributed by atoms with Gasteiger partial charge in [-0.05, 0) is 74.8 Å². The number of hydrogen-bond donors (Lipinski definition) is 1. The van der Waals surface area contributed by atoms with E-state index in [4.69, 9.17) is 4.74 Å². The highest BCUT2D eigenvalue weighted by Gasteiger charge is 2.34. The number of nitrogens with zero attached hydrogens (tertiary/aromatic N) is 2. The first-order chi connectivity index (χ1) is 15.5. The van der Waals surface area contributed by atoms with E-state index < -0.39 is 5.97 Å². The third kappa shape index (κ3) is 5.54. The highest BCUT2D eigenvalue weighted by Crippen LogP contribution is 2.33. The molecule has 5 nitrogen and oxygen atoms in total. The molecule has 0 unspecified atom stereocenters. The smallest absolute Gasteiger partial charge is 0.308 e. The monoisotopic (exact) mass is 460 g/mol. The Labute approximate surface area is 193 Å². The average molecular weight is 461 g/mol. The van der Waals surface area contributed by atoms with Crippen LogP contribution in [-0.2, 0) is 11.2 Å². The fourth-order valence-electron chi connectivity index (χ4n) is 4.91. The molecule has 2 fully saturated rings. The number of carboxylic acid groups (broad SMARTS) is 1. The molecule has 2 heterocycles. The van der Waals surface area contributed by atoms with Gasteiger partial charge in [0, 0.05) is 29.5 Å². The van der Waals surface area contributed by atoms with Crippen LogP contribution in [0.5, 0.6) is 5.75 Å². The van der Waals surface area contributed by atoms with Crippen LogP contribution in [0.4, 0.5) is 4.39 Å². The van der Waals surface area contributed by atoms with Crippen molar-refractivity contribution in [2.24, 2.45) is 11.8 Å². The molecule has 174 valence electrons. The van der Waals surface area contributed by atoms with Gasteiger partial charge in [0.1, 0.15) is 11.6 Å². The molecule has 2 aliphatic rings. The molecule has 1 N–H and O–H groups in total. The lowest BCUT2D eigenvalue weighted by atomic mass is 9.81. The summed E-state index contributed by atoms with van der Waals surface area (Å²) in [5, 5.41) is 11.4. The van der Waals surface area contributed by atoms with E-state index in [9.17, 15) is 14.3 Å². The van der Waals surface area contributed by atoms with Crippen LogP contribution in [0, 0.1) is 17.7 Å². The van der Waals surface area contributed by atoms with Crippen LogP contribution in [0.1, 0.15) is 44.1 Å². The fraction of sp³-hybridized carbons (Fsp3) is 0.600. The third-order valence-corrected chi connectivity index (χ3v) is 8.47. The van der Waals surface area contributed by atoms with Gasteiger partial charge in [-0.15, -0.1) is 0 Å². The Balaban J connectivity index is 1.33. The topological polar surface area (TPSA) is 62.7 Å². The van der Waals surface area contributed by atoms with Crippen molar-refractivity contribution in [2.75, 3.05) is 32.5 Å². The molecule has 1 aromatic heterocycles. The number of rotatable bonds is 10. The Morgan fingerprint density at radius 1 is 1.34 bits per heavy atom. The molecule has 0 radical (unpaired) electrons. The molecule has 2 atom stereocenters. The van der Waals surface area contributed by atoms with Crippen LogP contribution in [-0.4, -0.2) is 58.7 Å². The van der Waals surface area contributed by atoms with Crippen LogP contribution >= 0.6 is 11.8 Å². The van der Waals surface area contributed by atoms with E-state index in [0.717, 1.165) is 54.3 Å². The van der Waals surface area contributed by atoms with Crippen LogP contribution < -0.4 is 4.74 Å². The SMILES string of the molecule is COc1ccc2ncc(F)c(CCC[C@H]3CCN(CCSC4CCC4)C[C@H]3C(=O)O)c2c1. The lowest BCUT2D eigenvalue weighted by Gasteiger charge is -2.37. The number of hydrogen-bond acceptors (Lipinski definition) is 5. The summed E-state index contributed by atoms with van der Waals surface area (Å²) < 4.78 is 19.9. The van der Waals surface area contributed by atoms with Gasteiger partial charge in [0.2, 0.25) is 0 Å². The molecule has 1 aromatic carbocycles. The van der Waals surface area contributed by atoms with E-state index in [0.29, 0.717) is 24.3 Å². The van der Waals surface area contributed by atoms with Crippen molar-refractivity contribution in [3.63, 3.8) is 0 Å². The molecule has 1 saturated heterocycles. The number of methoxy groups -OCH3 is 1. The number of carboxylic acids is 1. The molecule has 7 heteroatoms. The highest BCUT2D eigenvalue weighted by atomic mass is 32.2. The van der Waals surface area contributed by atoms with Crippen LogP contribution in [0.2, 0.25) is 0 Å². The Morgan fingerprint density at radius 3 is 2.91 bits per heavy atom. The number of aromatic nitrogens is 1. The molecule has 1 aliphatic heterocycles. The predicted octanol–water partition coefficient (Wildman–Crippen LogP) is 5.01. The maximum atomic E-state index is 14.6. The van der Waals surface area contributed by atoms with E-state index in [1.165, 1.54) is 25.5 Å². The second kappa shape index (κ2) is 10.8. The maximum Gasteiger partial charge on any atom is 0.308 e. The number of fused-ring (bicyclic) bond motifs is 1. The first-order valence-corrected chi connectivity index (χ1v) is 12.8. The minimum Gasteiger partial charge on any atom is -0.497 e. The van der Waals surface area contributed by atoms with Crippen molar-refractivity contribution in [1.29, 1.82) is 0 Å². The number of piperidine rings is 1. The van der Waals surface area contributed by atoms with Gasteiger partial charge in [0.15, 0.2) is 0 Å². The zero-order valence-corrected chi connectivity index (χ0v) is 19.6. The number of aliphatic carboxylic acids is 1. The summed E-state index contributed by atoms with van der Waals surface area (Å²) in [6.45, 7) is 2.58. The van der Waals surface area contributed by atoms with E-state index in [-0.39, 0.29) is 17.7 Å². The Bertz CT molecular complexity index is 937. The average Bonchev–Trinajstić information content (AvgIpc) is 2.77.